The van der Waals surface area contributed by atoms with Gasteiger partial charge in [0.15, 0.2) is 6.61 Å². The van der Waals surface area contributed by atoms with Crippen LogP contribution in [0.3, 0.4) is 0 Å². The zero-order valence-corrected chi connectivity index (χ0v) is 13.0. The highest BCUT2D eigenvalue weighted by Crippen LogP contribution is 2.25. The summed E-state index contributed by atoms with van der Waals surface area (Å²) in [6.07, 6.45) is 3.30. The summed E-state index contributed by atoms with van der Waals surface area (Å²) in [5.74, 6) is 1.28. The third-order valence-corrected chi connectivity index (χ3v) is 4.05. The van der Waals surface area contributed by atoms with Crippen molar-refractivity contribution in [3.05, 3.63) is 45.9 Å². The van der Waals surface area contributed by atoms with Gasteiger partial charge in [-0.25, -0.2) is 9.55 Å². The number of hydrogen-bond acceptors (Lipinski definition) is 5. The van der Waals surface area contributed by atoms with Gasteiger partial charge in [0.05, 0.1) is 6.54 Å². The van der Waals surface area contributed by atoms with Crippen LogP contribution in [0.4, 0.5) is 5.82 Å². The first-order chi connectivity index (χ1) is 10.1. The number of nitrogens with zero attached hydrogens (tertiary/aromatic N) is 3. The lowest BCUT2D eigenvalue weighted by Crippen LogP contribution is -2.08. The van der Waals surface area contributed by atoms with Crippen LogP contribution in [-0.2, 0) is 13.2 Å². The Hall–Kier alpha value is -2.02. The molecule has 0 saturated carbocycles. The fraction of sp³-hybridized carbons (Fsp3) is 0.357. The topological polar surface area (TPSA) is 70.2 Å². The quantitative estimate of drug-likeness (QED) is 0.464. The van der Waals surface area contributed by atoms with Gasteiger partial charge in [0.25, 0.3) is 0 Å². The second-order valence-electron chi connectivity index (χ2n) is 4.45. The van der Waals surface area contributed by atoms with Crippen LogP contribution in [0.5, 0.6) is 5.75 Å². The van der Waals surface area contributed by atoms with Gasteiger partial charge in [-0.15, -0.1) is 11.8 Å². The van der Waals surface area contributed by atoms with Crippen LogP contribution >= 0.6 is 11.8 Å². The van der Waals surface area contributed by atoms with Crippen molar-refractivity contribution in [2.24, 2.45) is 0 Å². The number of aryl methyl sites for hydroxylation is 1. The van der Waals surface area contributed by atoms with Crippen molar-refractivity contribution in [3.8, 4) is 5.75 Å². The molecule has 0 saturated heterocycles. The van der Waals surface area contributed by atoms with E-state index < -0.39 is 4.92 Å². The largest absolute Gasteiger partial charge is 0.483 e. The molecule has 0 aliphatic carbocycles. The summed E-state index contributed by atoms with van der Waals surface area (Å²) in [6, 6.07) is 5.86. The summed E-state index contributed by atoms with van der Waals surface area (Å²) in [7, 11) is 0. The van der Waals surface area contributed by atoms with E-state index in [1.807, 2.05) is 38.3 Å². The molecule has 0 aliphatic heterocycles. The average Bonchev–Trinajstić information content (AvgIpc) is 2.88. The molecule has 0 radical (unpaired) electrons. The zero-order chi connectivity index (χ0) is 15.4. The molecule has 0 atom stereocenters. The number of hydrogen-bond donors (Lipinski definition) is 0. The predicted octanol–water partition coefficient (Wildman–Crippen LogP) is 3.42. The highest BCUT2D eigenvalue weighted by atomic mass is 32.2. The molecular weight excluding hydrogens is 290 g/mol. The molecule has 0 unspecified atom stereocenters. The average molecular weight is 307 g/mol. The lowest BCUT2D eigenvalue weighted by Gasteiger charge is -2.08. The SMILES string of the molecule is CCn1c([N+](=O)[O-])cnc1COc1ccc(SC)c(C)c1. The van der Waals surface area contributed by atoms with E-state index in [1.54, 1.807) is 16.3 Å². The number of ether oxygens (including phenoxy) is 1. The molecule has 0 N–H and O–H groups in total. The molecule has 1 heterocycles. The highest BCUT2D eigenvalue weighted by Gasteiger charge is 2.18. The van der Waals surface area contributed by atoms with E-state index in [2.05, 4.69) is 4.98 Å². The van der Waals surface area contributed by atoms with E-state index in [0.29, 0.717) is 12.4 Å². The van der Waals surface area contributed by atoms with Crippen molar-refractivity contribution in [1.82, 2.24) is 9.55 Å². The van der Waals surface area contributed by atoms with Crippen molar-refractivity contribution in [1.29, 1.82) is 0 Å². The van der Waals surface area contributed by atoms with E-state index in [1.165, 1.54) is 11.1 Å². The molecule has 7 heteroatoms. The number of aromatic nitrogens is 2. The first-order valence-electron chi connectivity index (χ1n) is 6.53. The summed E-state index contributed by atoms with van der Waals surface area (Å²) in [6.45, 7) is 4.56. The molecule has 0 fully saturated rings. The summed E-state index contributed by atoms with van der Waals surface area (Å²) in [5, 5.41) is 10.9. The minimum Gasteiger partial charge on any atom is -0.483 e. The molecule has 0 bridgehead atoms. The van der Waals surface area contributed by atoms with Gasteiger partial charge in [-0.2, -0.15) is 0 Å². The highest BCUT2D eigenvalue weighted by molar-refractivity contribution is 7.98. The second-order valence-corrected chi connectivity index (χ2v) is 5.30. The number of rotatable bonds is 6. The third kappa shape index (κ3) is 3.36. The Morgan fingerprint density at radius 1 is 1.48 bits per heavy atom. The van der Waals surface area contributed by atoms with Crippen LogP contribution in [0.15, 0.2) is 29.3 Å². The second kappa shape index (κ2) is 6.62. The molecular formula is C14H17N3O3S. The lowest BCUT2D eigenvalue weighted by atomic mass is 10.2. The fourth-order valence-corrected chi connectivity index (χ4v) is 2.68. The Bertz CT molecular complexity index is 655. The lowest BCUT2D eigenvalue weighted by molar-refractivity contribution is -0.392. The smallest absolute Gasteiger partial charge is 0.342 e. The Balaban J connectivity index is 2.13. The molecule has 21 heavy (non-hydrogen) atoms. The third-order valence-electron chi connectivity index (χ3n) is 3.15. The Kier molecular flexibility index (Phi) is 4.85. The van der Waals surface area contributed by atoms with Gasteiger partial charge in [0, 0.05) is 4.90 Å². The van der Waals surface area contributed by atoms with Crippen molar-refractivity contribution >= 4 is 17.6 Å². The Morgan fingerprint density at radius 3 is 2.81 bits per heavy atom. The molecule has 1 aromatic carbocycles. The number of imidazole rings is 1. The fourth-order valence-electron chi connectivity index (χ4n) is 2.10. The van der Waals surface area contributed by atoms with Gasteiger partial charge in [0.2, 0.25) is 5.82 Å². The van der Waals surface area contributed by atoms with Gasteiger partial charge >= 0.3 is 5.82 Å². The van der Waals surface area contributed by atoms with Gasteiger partial charge in [0.1, 0.15) is 11.9 Å². The molecule has 2 aromatic rings. The van der Waals surface area contributed by atoms with E-state index in [-0.39, 0.29) is 12.4 Å². The summed E-state index contributed by atoms with van der Waals surface area (Å²) in [5.41, 5.74) is 1.14. The van der Waals surface area contributed by atoms with Crippen molar-refractivity contribution in [2.75, 3.05) is 6.26 Å². The van der Waals surface area contributed by atoms with Crippen LogP contribution in [0, 0.1) is 17.0 Å². The van der Waals surface area contributed by atoms with Crippen LogP contribution in [0.1, 0.15) is 18.3 Å². The maximum absolute atomic E-state index is 10.9. The summed E-state index contributed by atoms with van der Waals surface area (Å²) in [4.78, 5) is 15.7. The number of benzene rings is 1. The van der Waals surface area contributed by atoms with Crippen LogP contribution < -0.4 is 4.74 Å². The minimum atomic E-state index is -0.433. The maximum Gasteiger partial charge on any atom is 0.342 e. The van der Waals surface area contributed by atoms with Gasteiger partial charge in [-0.1, -0.05) is 0 Å². The molecule has 0 spiro atoms. The number of thioether (sulfide) groups is 1. The van der Waals surface area contributed by atoms with E-state index >= 15 is 0 Å². The molecule has 1 aromatic heterocycles. The normalized spacial score (nSPS) is 10.6. The van der Waals surface area contributed by atoms with Crippen molar-refractivity contribution < 1.29 is 9.66 Å². The first kappa shape index (κ1) is 15.4. The molecule has 112 valence electrons. The van der Waals surface area contributed by atoms with Crippen LogP contribution in [-0.4, -0.2) is 20.7 Å². The minimum absolute atomic E-state index is 0.00925. The first-order valence-corrected chi connectivity index (χ1v) is 7.75. The molecule has 2 rings (SSSR count). The standard InChI is InChI=1S/C14H17N3O3S/c1-4-16-13(15-8-14(16)17(18)19)9-20-11-5-6-12(21-3)10(2)7-11/h5-8H,4,9H2,1-3H3. The number of nitro groups is 1. The Morgan fingerprint density at radius 2 is 2.24 bits per heavy atom. The predicted molar refractivity (Wildman–Crippen MR) is 81.8 cm³/mol. The molecule has 0 amide bonds. The van der Waals surface area contributed by atoms with Crippen LogP contribution in [0.2, 0.25) is 0 Å². The zero-order valence-electron chi connectivity index (χ0n) is 12.2. The summed E-state index contributed by atoms with van der Waals surface area (Å²) >= 11 is 1.68. The van der Waals surface area contributed by atoms with Crippen molar-refractivity contribution in [3.63, 3.8) is 0 Å². The Labute approximate surface area is 127 Å². The van der Waals surface area contributed by atoms with E-state index in [4.69, 9.17) is 4.74 Å². The van der Waals surface area contributed by atoms with Crippen LogP contribution in [0.25, 0.3) is 0 Å². The molecule has 0 aliphatic rings. The maximum atomic E-state index is 10.9. The monoisotopic (exact) mass is 307 g/mol. The van der Waals surface area contributed by atoms with Gasteiger partial charge in [-0.3, -0.25) is 0 Å². The van der Waals surface area contributed by atoms with Gasteiger partial charge in [-0.05, 0) is 48.8 Å². The summed E-state index contributed by atoms with van der Waals surface area (Å²) < 4.78 is 7.24. The van der Waals surface area contributed by atoms with Gasteiger partial charge < -0.3 is 14.9 Å². The van der Waals surface area contributed by atoms with E-state index in [0.717, 1.165) is 11.3 Å². The van der Waals surface area contributed by atoms with Crippen molar-refractivity contribution in [2.45, 2.75) is 31.9 Å². The van der Waals surface area contributed by atoms with E-state index in [9.17, 15) is 10.1 Å². The molecule has 6 nitrogen and oxygen atoms in total.